The molecule has 0 atom stereocenters. The van der Waals surface area contributed by atoms with Gasteiger partial charge in [-0.1, -0.05) is 35.6 Å². The number of amides is 2. The highest BCUT2D eigenvalue weighted by atomic mass is 32.1. The van der Waals surface area contributed by atoms with Crippen molar-refractivity contribution in [2.45, 2.75) is 13.5 Å². The third-order valence-corrected chi connectivity index (χ3v) is 6.54. The lowest BCUT2D eigenvalue weighted by atomic mass is 10.1. The largest absolute Gasteiger partial charge is 0.434 e. The van der Waals surface area contributed by atoms with Crippen LogP contribution in [0.5, 0.6) is 5.75 Å². The Labute approximate surface area is 194 Å². The summed E-state index contributed by atoms with van der Waals surface area (Å²) in [5, 5.41) is 0.674. The van der Waals surface area contributed by atoms with Crippen molar-refractivity contribution in [1.82, 2.24) is 14.8 Å². The summed E-state index contributed by atoms with van der Waals surface area (Å²) in [5.41, 5.74) is 0.974. The Balaban J connectivity index is 1.36. The van der Waals surface area contributed by atoms with Gasteiger partial charge in [-0.2, -0.15) is 8.78 Å². The minimum absolute atomic E-state index is 0.0491. The molecule has 1 saturated heterocycles. The Kier molecular flexibility index (Phi) is 7.14. The van der Waals surface area contributed by atoms with E-state index in [9.17, 15) is 18.4 Å². The second kappa shape index (κ2) is 10.2. The zero-order valence-corrected chi connectivity index (χ0v) is 18.9. The number of likely N-dealkylation sites (N-methyl/N-ethyl adjacent to an activating group) is 1. The summed E-state index contributed by atoms with van der Waals surface area (Å²) in [7, 11) is 0. The summed E-state index contributed by atoms with van der Waals surface area (Å²) < 4.78 is 30.8. The van der Waals surface area contributed by atoms with Crippen LogP contribution in [-0.2, 0) is 4.79 Å². The molecule has 2 aromatic carbocycles. The number of anilines is 1. The van der Waals surface area contributed by atoms with Crippen molar-refractivity contribution >= 4 is 38.5 Å². The van der Waals surface area contributed by atoms with Crippen molar-refractivity contribution in [3.63, 3.8) is 0 Å². The predicted octanol–water partition coefficient (Wildman–Crippen LogP) is 3.71. The Morgan fingerprint density at radius 1 is 1.09 bits per heavy atom. The Hall–Kier alpha value is -3.11. The number of piperazine rings is 1. The lowest BCUT2D eigenvalue weighted by Crippen LogP contribution is -2.51. The zero-order chi connectivity index (χ0) is 23.4. The molecule has 0 saturated carbocycles. The van der Waals surface area contributed by atoms with Gasteiger partial charge >= 0.3 is 6.61 Å². The van der Waals surface area contributed by atoms with Crippen molar-refractivity contribution in [2.75, 3.05) is 44.2 Å². The number of benzene rings is 2. The van der Waals surface area contributed by atoms with E-state index in [-0.39, 0.29) is 29.7 Å². The van der Waals surface area contributed by atoms with Crippen molar-refractivity contribution in [3.05, 3.63) is 54.1 Å². The second-order valence-corrected chi connectivity index (χ2v) is 8.55. The van der Waals surface area contributed by atoms with Crippen molar-refractivity contribution in [1.29, 1.82) is 0 Å². The SMILES string of the molecule is CCN(C(=O)CN1CCN(C(=O)c2ccccc2OC(F)F)CC1)c1nc2ccccc2s1. The highest BCUT2D eigenvalue weighted by Crippen LogP contribution is 2.29. The molecule has 0 unspecified atom stereocenters. The van der Waals surface area contributed by atoms with Crippen LogP contribution >= 0.6 is 11.3 Å². The average Bonchev–Trinajstić information content (AvgIpc) is 3.23. The molecule has 7 nitrogen and oxygen atoms in total. The molecule has 33 heavy (non-hydrogen) atoms. The molecule has 0 aliphatic carbocycles. The molecule has 1 aromatic heterocycles. The van der Waals surface area contributed by atoms with E-state index in [0.29, 0.717) is 37.9 Å². The maximum atomic E-state index is 13.0. The van der Waals surface area contributed by atoms with Crippen LogP contribution in [0.25, 0.3) is 10.2 Å². The number of para-hydroxylation sites is 2. The summed E-state index contributed by atoms with van der Waals surface area (Å²) in [4.78, 5) is 35.7. The van der Waals surface area contributed by atoms with E-state index in [4.69, 9.17) is 0 Å². The lowest BCUT2D eigenvalue weighted by Gasteiger charge is -2.35. The number of aromatic nitrogens is 1. The van der Waals surface area contributed by atoms with E-state index < -0.39 is 6.61 Å². The van der Waals surface area contributed by atoms with Crippen LogP contribution in [0.15, 0.2) is 48.5 Å². The highest BCUT2D eigenvalue weighted by Gasteiger charge is 2.27. The van der Waals surface area contributed by atoms with Crippen LogP contribution < -0.4 is 9.64 Å². The van der Waals surface area contributed by atoms with Gasteiger partial charge in [0.25, 0.3) is 5.91 Å². The second-order valence-electron chi connectivity index (χ2n) is 7.55. The smallest absolute Gasteiger partial charge is 0.387 e. The molecule has 0 N–H and O–H groups in total. The Morgan fingerprint density at radius 2 is 1.79 bits per heavy atom. The van der Waals surface area contributed by atoms with E-state index in [1.54, 1.807) is 21.9 Å². The van der Waals surface area contributed by atoms with Gasteiger partial charge in [-0.05, 0) is 31.2 Å². The number of carbonyl (C=O) groups excluding carboxylic acids is 2. The third-order valence-electron chi connectivity index (χ3n) is 5.48. The molecule has 2 amide bonds. The normalized spacial score (nSPS) is 14.6. The fourth-order valence-electron chi connectivity index (χ4n) is 3.79. The van der Waals surface area contributed by atoms with Gasteiger partial charge in [-0.15, -0.1) is 0 Å². The number of hydrogen-bond acceptors (Lipinski definition) is 6. The van der Waals surface area contributed by atoms with Crippen LogP contribution in [0, 0.1) is 0 Å². The molecule has 4 rings (SSSR count). The van der Waals surface area contributed by atoms with Gasteiger partial charge in [0, 0.05) is 32.7 Å². The van der Waals surface area contributed by atoms with Crippen LogP contribution in [0.1, 0.15) is 17.3 Å². The molecule has 0 radical (unpaired) electrons. The summed E-state index contributed by atoms with van der Waals surface area (Å²) in [6.07, 6.45) is 0. The maximum Gasteiger partial charge on any atom is 0.387 e. The summed E-state index contributed by atoms with van der Waals surface area (Å²) in [6, 6.07) is 13.8. The van der Waals surface area contributed by atoms with E-state index in [1.807, 2.05) is 36.1 Å². The number of alkyl halides is 2. The van der Waals surface area contributed by atoms with Gasteiger partial charge < -0.3 is 9.64 Å². The van der Waals surface area contributed by atoms with Gasteiger partial charge in [0.05, 0.1) is 22.3 Å². The number of halogens is 2. The van der Waals surface area contributed by atoms with Crippen molar-refractivity contribution < 1.29 is 23.1 Å². The highest BCUT2D eigenvalue weighted by molar-refractivity contribution is 7.22. The first-order valence-corrected chi connectivity index (χ1v) is 11.5. The molecule has 3 aromatic rings. The minimum atomic E-state index is -3.00. The monoisotopic (exact) mass is 474 g/mol. The molecule has 0 bridgehead atoms. The van der Waals surface area contributed by atoms with Gasteiger partial charge in [-0.3, -0.25) is 19.4 Å². The fourth-order valence-corrected chi connectivity index (χ4v) is 4.84. The molecule has 174 valence electrons. The number of ether oxygens (including phenoxy) is 1. The predicted molar refractivity (Wildman–Crippen MR) is 123 cm³/mol. The van der Waals surface area contributed by atoms with Crippen molar-refractivity contribution in [3.8, 4) is 5.75 Å². The van der Waals surface area contributed by atoms with Gasteiger partial charge in [0.15, 0.2) is 5.13 Å². The maximum absolute atomic E-state index is 13.0. The Morgan fingerprint density at radius 3 is 2.48 bits per heavy atom. The minimum Gasteiger partial charge on any atom is -0.434 e. The molecule has 1 aliphatic rings. The molecule has 10 heteroatoms. The van der Waals surface area contributed by atoms with Crippen LogP contribution in [0.3, 0.4) is 0 Å². The topological polar surface area (TPSA) is 66.0 Å². The van der Waals surface area contributed by atoms with Gasteiger partial charge in [0.2, 0.25) is 5.91 Å². The number of rotatable bonds is 7. The molecular formula is C23H24F2N4O3S. The van der Waals surface area contributed by atoms with Gasteiger partial charge in [-0.25, -0.2) is 4.98 Å². The summed E-state index contributed by atoms with van der Waals surface area (Å²) in [5.74, 6) is -0.543. The lowest BCUT2D eigenvalue weighted by molar-refractivity contribution is -0.120. The van der Waals surface area contributed by atoms with Crippen LogP contribution in [0.4, 0.5) is 13.9 Å². The third kappa shape index (κ3) is 5.28. The van der Waals surface area contributed by atoms with Crippen molar-refractivity contribution in [2.24, 2.45) is 0 Å². The molecule has 1 fully saturated rings. The quantitative estimate of drug-likeness (QED) is 0.522. The molecule has 0 spiro atoms. The van der Waals surface area contributed by atoms with Gasteiger partial charge in [0.1, 0.15) is 5.75 Å². The number of nitrogens with zero attached hydrogens (tertiary/aromatic N) is 4. The Bertz CT molecular complexity index is 1100. The molecule has 1 aliphatic heterocycles. The van der Waals surface area contributed by atoms with E-state index >= 15 is 0 Å². The summed E-state index contributed by atoms with van der Waals surface area (Å²) >= 11 is 1.48. The van der Waals surface area contributed by atoms with Crippen LogP contribution in [-0.4, -0.2) is 72.5 Å². The van der Waals surface area contributed by atoms with E-state index in [2.05, 4.69) is 9.72 Å². The standard InChI is InChI=1S/C23H24F2N4O3S/c1-2-29(23-26-17-8-4-6-10-19(17)33-23)20(30)15-27-11-13-28(14-12-27)21(31)16-7-3-5-9-18(16)32-22(24)25/h3-10,22H,2,11-15H2,1H3. The number of carbonyl (C=O) groups is 2. The molecule has 2 heterocycles. The van der Waals surface area contributed by atoms with E-state index in [1.165, 1.54) is 23.5 Å². The summed E-state index contributed by atoms with van der Waals surface area (Å²) in [6.45, 7) is 1.44. The molecular weight excluding hydrogens is 450 g/mol. The first-order chi connectivity index (χ1) is 16.0. The number of hydrogen-bond donors (Lipinski definition) is 0. The fraction of sp³-hybridized carbons (Fsp3) is 0.348. The average molecular weight is 475 g/mol. The number of thiazole rings is 1. The number of fused-ring (bicyclic) bond motifs is 1. The first-order valence-electron chi connectivity index (χ1n) is 10.7. The first kappa shape index (κ1) is 23.1. The zero-order valence-electron chi connectivity index (χ0n) is 18.1. The van der Waals surface area contributed by atoms with Crippen LogP contribution in [0.2, 0.25) is 0 Å². The van der Waals surface area contributed by atoms with E-state index in [0.717, 1.165) is 10.2 Å².